The second-order valence-corrected chi connectivity index (χ2v) is 6.35. The molecule has 0 saturated carbocycles. The third-order valence-electron chi connectivity index (χ3n) is 4.50. The molecule has 1 aromatic heterocycles. The number of methoxy groups -OCH3 is 1. The SMILES string of the molecule is COCCN(C)C[C@@H]1CN(C(=O)c2ccc(=O)n(C)n2)C[C@@H]1CO. The Kier molecular flexibility index (Phi) is 6.47. The Labute approximate surface area is 141 Å². The summed E-state index contributed by atoms with van der Waals surface area (Å²) in [4.78, 5) is 27.9. The molecule has 0 unspecified atom stereocenters. The van der Waals surface area contributed by atoms with Crippen LogP contribution in [0.1, 0.15) is 10.5 Å². The van der Waals surface area contributed by atoms with Crippen molar-refractivity contribution < 1.29 is 14.6 Å². The molecule has 1 aromatic rings. The van der Waals surface area contributed by atoms with Crippen LogP contribution in [-0.2, 0) is 11.8 Å². The monoisotopic (exact) mass is 338 g/mol. The molecule has 0 aromatic carbocycles. The van der Waals surface area contributed by atoms with Gasteiger partial charge in [0, 0.05) is 58.9 Å². The van der Waals surface area contributed by atoms with E-state index in [1.54, 1.807) is 12.0 Å². The zero-order valence-corrected chi connectivity index (χ0v) is 14.5. The normalized spacial score (nSPS) is 20.8. The highest BCUT2D eigenvalue weighted by molar-refractivity contribution is 5.92. The maximum Gasteiger partial charge on any atom is 0.274 e. The lowest BCUT2D eigenvalue weighted by Gasteiger charge is -2.23. The number of carbonyl (C=O) groups excluding carboxylic acids is 1. The lowest BCUT2D eigenvalue weighted by atomic mass is 9.96. The van der Waals surface area contributed by atoms with Crippen molar-refractivity contribution in [1.29, 1.82) is 0 Å². The van der Waals surface area contributed by atoms with Crippen molar-refractivity contribution in [2.75, 3.05) is 53.6 Å². The molecule has 134 valence electrons. The van der Waals surface area contributed by atoms with Gasteiger partial charge in [0.2, 0.25) is 0 Å². The number of hydrogen-bond donors (Lipinski definition) is 1. The fourth-order valence-corrected chi connectivity index (χ4v) is 3.04. The molecule has 8 heteroatoms. The molecule has 1 saturated heterocycles. The number of nitrogens with zero attached hydrogens (tertiary/aromatic N) is 4. The number of likely N-dealkylation sites (tertiary alicyclic amines) is 1. The summed E-state index contributed by atoms with van der Waals surface area (Å²) in [7, 11) is 5.19. The number of aliphatic hydroxyl groups excluding tert-OH is 1. The average molecular weight is 338 g/mol. The molecule has 1 aliphatic rings. The largest absolute Gasteiger partial charge is 0.396 e. The molecule has 1 amide bonds. The van der Waals surface area contributed by atoms with E-state index in [1.165, 1.54) is 19.2 Å². The molecule has 2 atom stereocenters. The summed E-state index contributed by atoms with van der Waals surface area (Å²) in [6.07, 6.45) is 0. The minimum Gasteiger partial charge on any atom is -0.396 e. The molecule has 0 bridgehead atoms. The van der Waals surface area contributed by atoms with E-state index in [0.29, 0.717) is 19.7 Å². The minimum atomic E-state index is -0.251. The smallest absolute Gasteiger partial charge is 0.274 e. The fourth-order valence-electron chi connectivity index (χ4n) is 3.04. The molecule has 1 fully saturated rings. The predicted octanol–water partition coefficient (Wildman–Crippen LogP) is -0.961. The third-order valence-corrected chi connectivity index (χ3v) is 4.50. The lowest BCUT2D eigenvalue weighted by molar-refractivity contribution is 0.0770. The molecule has 1 N–H and O–H groups in total. The first-order chi connectivity index (χ1) is 11.5. The van der Waals surface area contributed by atoms with Gasteiger partial charge in [-0.25, -0.2) is 4.68 Å². The van der Waals surface area contributed by atoms with E-state index in [1.807, 2.05) is 7.05 Å². The van der Waals surface area contributed by atoms with Gasteiger partial charge in [-0.15, -0.1) is 0 Å². The summed E-state index contributed by atoms with van der Waals surface area (Å²) in [6.45, 7) is 3.37. The predicted molar refractivity (Wildman–Crippen MR) is 88.8 cm³/mol. The van der Waals surface area contributed by atoms with Crippen molar-refractivity contribution in [1.82, 2.24) is 19.6 Å². The molecule has 24 heavy (non-hydrogen) atoms. The number of aromatic nitrogens is 2. The van der Waals surface area contributed by atoms with Crippen molar-refractivity contribution in [2.24, 2.45) is 18.9 Å². The number of hydrogen-bond acceptors (Lipinski definition) is 6. The molecule has 1 aliphatic heterocycles. The van der Waals surface area contributed by atoms with E-state index in [2.05, 4.69) is 10.00 Å². The van der Waals surface area contributed by atoms with Gasteiger partial charge >= 0.3 is 0 Å². The first kappa shape index (κ1) is 18.6. The van der Waals surface area contributed by atoms with Gasteiger partial charge in [-0.05, 0) is 19.0 Å². The van der Waals surface area contributed by atoms with Crippen LogP contribution in [0.25, 0.3) is 0 Å². The molecule has 2 rings (SSSR count). The number of rotatable bonds is 7. The van der Waals surface area contributed by atoms with Crippen LogP contribution in [0.4, 0.5) is 0 Å². The van der Waals surface area contributed by atoms with Crippen LogP contribution >= 0.6 is 0 Å². The summed E-state index contributed by atoms with van der Waals surface area (Å²) < 4.78 is 6.23. The highest BCUT2D eigenvalue weighted by atomic mass is 16.5. The number of carbonyl (C=O) groups is 1. The van der Waals surface area contributed by atoms with Crippen molar-refractivity contribution in [3.63, 3.8) is 0 Å². The molecular weight excluding hydrogens is 312 g/mol. The van der Waals surface area contributed by atoms with Gasteiger partial charge in [-0.1, -0.05) is 0 Å². The van der Waals surface area contributed by atoms with Gasteiger partial charge in [0.1, 0.15) is 5.69 Å². The van der Waals surface area contributed by atoms with Gasteiger partial charge in [0.25, 0.3) is 11.5 Å². The van der Waals surface area contributed by atoms with E-state index in [9.17, 15) is 14.7 Å². The van der Waals surface area contributed by atoms with Crippen molar-refractivity contribution >= 4 is 5.91 Å². The zero-order chi connectivity index (χ0) is 17.7. The highest BCUT2D eigenvalue weighted by Gasteiger charge is 2.36. The van der Waals surface area contributed by atoms with Gasteiger partial charge in [0.15, 0.2) is 0 Å². The minimum absolute atomic E-state index is 0.0477. The van der Waals surface area contributed by atoms with Crippen LogP contribution < -0.4 is 5.56 Å². The Hall–Kier alpha value is -1.77. The lowest BCUT2D eigenvalue weighted by Crippen LogP contribution is -2.34. The molecular formula is C16H26N4O4. The Bertz CT molecular complexity index is 618. The zero-order valence-electron chi connectivity index (χ0n) is 14.5. The second-order valence-electron chi connectivity index (χ2n) is 6.35. The summed E-state index contributed by atoms with van der Waals surface area (Å²) >= 11 is 0. The average Bonchev–Trinajstić information content (AvgIpc) is 2.97. The number of aryl methyl sites for hydroxylation is 1. The van der Waals surface area contributed by atoms with E-state index < -0.39 is 0 Å². The summed E-state index contributed by atoms with van der Waals surface area (Å²) in [5.74, 6) is 0.0471. The van der Waals surface area contributed by atoms with Crippen LogP contribution in [0.5, 0.6) is 0 Å². The third kappa shape index (κ3) is 4.40. The molecule has 2 heterocycles. The van der Waals surface area contributed by atoms with Crippen LogP contribution in [0.15, 0.2) is 16.9 Å². The molecule has 0 radical (unpaired) electrons. The second kappa shape index (κ2) is 8.36. The van der Waals surface area contributed by atoms with Gasteiger partial charge in [0.05, 0.1) is 6.61 Å². The molecule has 0 spiro atoms. The summed E-state index contributed by atoms with van der Waals surface area (Å²) in [5, 5.41) is 13.7. The number of likely N-dealkylation sites (N-methyl/N-ethyl adjacent to an activating group) is 1. The Morgan fingerprint density at radius 2 is 2.12 bits per heavy atom. The van der Waals surface area contributed by atoms with Crippen LogP contribution in [0.3, 0.4) is 0 Å². The number of amides is 1. The highest BCUT2D eigenvalue weighted by Crippen LogP contribution is 2.25. The quantitative estimate of drug-likeness (QED) is 0.689. The van der Waals surface area contributed by atoms with Crippen molar-refractivity contribution in [3.8, 4) is 0 Å². The topological polar surface area (TPSA) is 87.9 Å². The summed E-state index contributed by atoms with van der Waals surface area (Å²) in [6, 6.07) is 2.80. The number of ether oxygens (including phenoxy) is 1. The van der Waals surface area contributed by atoms with Gasteiger partial charge in [-0.3, -0.25) is 9.59 Å². The Morgan fingerprint density at radius 3 is 2.75 bits per heavy atom. The van der Waals surface area contributed by atoms with Gasteiger partial charge < -0.3 is 19.6 Å². The Morgan fingerprint density at radius 1 is 1.42 bits per heavy atom. The van der Waals surface area contributed by atoms with E-state index in [-0.39, 0.29) is 35.6 Å². The molecule has 0 aliphatic carbocycles. The van der Waals surface area contributed by atoms with Crippen LogP contribution in [-0.4, -0.2) is 84.1 Å². The van der Waals surface area contributed by atoms with E-state index in [0.717, 1.165) is 17.8 Å². The van der Waals surface area contributed by atoms with Gasteiger partial charge in [-0.2, -0.15) is 5.10 Å². The Balaban J connectivity index is 2.03. The van der Waals surface area contributed by atoms with Crippen molar-refractivity contribution in [3.05, 3.63) is 28.2 Å². The first-order valence-corrected chi connectivity index (χ1v) is 8.08. The maximum absolute atomic E-state index is 12.6. The number of aliphatic hydroxyl groups is 1. The maximum atomic E-state index is 12.6. The van der Waals surface area contributed by atoms with Crippen LogP contribution in [0.2, 0.25) is 0 Å². The van der Waals surface area contributed by atoms with Crippen LogP contribution in [0, 0.1) is 11.8 Å². The standard InChI is InChI=1S/C16H26N4O4/c1-18(6-7-24-3)8-12-9-20(10-13(12)11-21)16(23)14-4-5-15(22)19(2)17-14/h4-5,12-13,21H,6-11H2,1-3H3/t12-,13-/m1/s1. The van der Waals surface area contributed by atoms with Crippen molar-refractivity contribution in [2.45, 2.75) is 0 Å². The van der Waals surface area contributed by atoms with E-state index in [4.69, 9.17) is 4.74 Å². The first-order valence-electron chi connectivity index (χ1n) is 8.08. The molecule has 8 nitrogen and oxygen atoms in total. The fraction of sp³-hybridized carbons (Fsp3) is 0.688. The van der Waals surface area contributed by atoms with E-state index >= 15 is 0 Å². The summed E-state index contributed by atoms with van der Waals surface area (Å²) in [5.41, 5.74) is 0.000952.